The summed E-state index contributed by atoms with van der Waals surface area (Å²) in [5.41, 5.74) is 1.30. The van der Waals surface area contributed by atoms with Crippen LogP contribution in [0.25, 0.3) is 0 Å². The first kappa shape index (κ1) is 19.8. The molecule has 1 N–H and O–H groups in total. The lowest BCUT2D eigenvalue weighted by molar-refractivity contribution is -0.125. The van der Waals surface area contributed by atoms with Crippen LogP contribution in [-0.2, 0) is 11.8 Å². The number of rotatable bonds is 8. The highest BCUT2D eigenvalue weighted by Crippen LogP contribution is 2.36. The maximum Gasteiger partial charge on any atom is 0.324 e. The molecular formula is C19H32N6O2. The molecule has 0 unspecified atom stereocenters. The number of carbonyl (C=O) groups is 2. The molecule has 2 atom stereocenters. The lowest BCUT2D eigenvalue weighted by atomic mass is 9.85. The minimum Gasteiger partial charge on any atom is -0.329 e. The minimum atomic E-state index is -0.259. The summed E-state index contributed by atoms with van der Waals surface area (Å²) in [7, 11) is 4.11. The van der Waals surface area contributed by atoms with Crippen LogP contribution in [0, 0.1) is 5.92 Å². The van der Waals surface area contributed by atoms with Gasteiger partial charge in [-0.05, 0) is 51.9 Å². The van der Waals surface area contributed by atoms with Gasteiger partial charge in [0.2, 0.25) is 5.91 Å². The number of imide groups is 1. The van der Waals surface area contributed by atoms with Crippen LogP contribution in [0.4, 0.5) is 4.79 Å². The zero-order valence-corrected chi connectivity index (χ0v) is 16.7. The molecule has 2 aliphatic heterocycles. The molecule has 3 rings (SSSR count). The van der Waals surface area contributed by atoms with E-state index in [2.05, 4.69) is 40.4 Å². The van der Waals surface area contributed by atoms with E-state index in [1.807, 2.05) is 17.9 Å². The highest BCUT2D eigenvalue weighted by atomic mass is 16.2. The summed E-state index contributed by atoms with van der Waals surface area (Å²) in [5, 5.41) is 6.95. The molecule has 0 radical (unpaired) electrons. The number of amides is 3. The van der Waals surface area contributed by atoms with E-state index in [0.29, 0.717) is 18.5 Å². The average molecular weight is 377 g/mol. The molecule has 3 heterocycles. The fraction of sp³-hybridized carbons (Fsp3) is 0.737. The van der Waals surface area contributed by atoms with Crippen LogP contribution in [0.1, 0.15) is 37.8 Å². The first-order valence-corrected chi connectivity index (χ1v) is 9.99. The Morgan fingerprint density at radius 2 is 2.19 bits per heavy atom. The third-order valence-electron chi connectivity index (χ3n) is 5.74. The number of urea groups is 1. The molecule has 2 fully saturated rings. The molecule has 1 aromatic rings. The zero-order chi connectivity index (χ0) is 19.4. The fourth-order valence-corrected chi connectivity index (χ4v) is 4.45. The SMILES string of the molecule is CCN1CCC[C@@H](CN(C)CCCN2C(=O)CNC2=O)[C@@H]1c1cnn(C)c1. The largest absolute Gasteiger partial charge is 0.329 e. The second kappa shape index (κ2) is 8.84. The second-order valence-electron chi connectivity index (χ2n) is 7.74. The summed E-state index contributed by atoms with van der Waals surface area (Å²) in [5.74, 6) is 0.440. The minimum absolute atomic E-state index is 0.120. The molecule has 150 valence electrons. The highest BCUT2D eigenvalue weighted by molar-refractivity contribution is 6.01. The Balaban J connectivity index is 1.55. The highest BCUT2D eigenvalue weighted by Gasteiger charge is 2.33. The predicted molar refractivity (Wildman–Crippen MR) is 103 cm³/mol. The van der Waals surface area contributed by atoms with Crippen molar-refractivity contribution in [2.75, 3.05) is 46.3 Å². The Bertz CT molecular complexity index is 644. The van der Waals surface area contributed by atoms with Gasteiger partial charge in [0.1, 0.15) is 0 Å². The zero-order valence-electron chi connectivity index (χ0n) is 16.7. The molecule has 2 saturated heterocycles. The van der Waals surface area contributed by atoms with Gasteiger partial charge in [-0.2, -0.15) is 5.10 Å². The number of aromatic nitrogens is 2. The van der Waals surface area contributed by atoms with Crippen molar-refractivity contribution >= 4 is 11.9 Å². The van der Waals surface area contributed by atoms with Gasteiger partial charge in [0.05, 0.1) is 12.7 Å². The third kappa shape index (κ3) is 4.68. The summed E-state index contributed by atoms with van der Waals surface area (Å²) in [4.78, 5) is 29.5. The molecule has 3 amide bonds. The Kier molecular flexibility index (Phi) is 6.49. The van der Waals surface area contributed by atoms with Gasteiger partial charge in [0, 0.05) is 37.9 Å². The van der Waals surface area contributed by atoms with Gasteiger partial charge in [-0.25, -0.2) is 4.79 Å². The summed E-state index contributed by atoms with van der Waals surface area (Å²) >= 11 is 0. The number of likely N-dealkylation sites (tertiary alicyclic amines) is 1. The number of piperidine rings is 1. The number of carbonyl (C=O) groups excluding carboxylic acids is 2. The number of nitrogens with one attached hydrogen (secondary N) is 1. The molecule has 0 aromatic carbocycles. The molecule has 8 heteroatoms. The molecule has 1 aromatic heterocycles. The van der Waals surface area contributed by atoms with Crippen LogP contribution in [0.2, 0.25) is 0 Å². The molecule has 8 nitrogen and oxygen atoms in total. The summed E-state index contributed by atoms with van der Waals surface area (Å²) in [6, 6.07) is 0.149. The maximum atomic E-state index is 11.7. The summed E-state index contributed by atoms with van der Waals surface area (Å²) in [6.45, 7) is 6.93. The van der Waals surface area contributed by atoms with Crippen LogP contribution in [0.15, 0.2) is 12.4 Å². The molecule has 0 spiro atoms. The van der Waals surface area contributed by atoms with E-state index >= 15 is 0 Å². The van der Waals surface area contributed by atoms with Crippen molar-refractivity contribution in [1.82, 2.24) is 29.8 Å². The van der Waals surface area contributed by atoms with Crippen molar-refractivity contribution in [2.24, 2.45) is 13.0 Å². The fourth-order valence-electron chi connectivity index (χ4n) is 4.45. The lowest BCUT2D eigenvalue weighted by Crippen LogP contribution is -2.43. The maximum absolute atomic E-state index is 11.7. The van der Waals surface area contributed by atoms with Crippen LogP contribution in [0.3, 0.4) is 0 Å². The van der Waals surface area contributed by atoms with Gasteiger partial charge in [0.25, 0.3) is 0 Å². The van der Waals surface area contributed by atoms with Crippen LogP contribution >= 0.6 is 0 Å². The molecule has 0 aliphatic carbocycles. The average Bonchev–Trinajstić information content (AvgIpc) is 3.21. The smallest absolute Gasteiger partial charge is 0.324 e. The normalized spacial score (nSPS) is 24.1. The van der Waals surface area contributed by atoms with Gasteiger partial charge in [-0.3, -0.25) is 19.3 Å². The second-order valence-corrected chi connectivity index (χ2v) is 7.74. The number of aryl methyl sites for hydroxylation is 1. The quantitative estimate of drug-likeness (QED) is 0.687. The number of hydrogen-bond donors (Lipinski definition) is 1. The van der Waals surface area contributed by atoms with E-state index < -0.39 is 0 Å². The van der Waals surface area contributed by atoms with Crippen LogP contribution in [-0.4, -0.2) is 82.7 Å². The molecule has 2 aliphatic rings. The monoisotopic (exact) mass is 376 g/mol. The third-order valence-corrected chi connectivity index (χ3v) is 5.74. The summed E-state index contributed by atoms with van der Waals surface area (Å²) < 4.78 is 1.89. The van der Waals surface area contributed by atoms with E-state index in [0.717, 1.165) is 32.6 Å². The Morgan fingerprint density at radius 1 is 1.37 bits per heavy atom. The summed E-state index contributed by atoms with van der Waals surface area (Å²) in [6.07, 6.45) is 7.39. The van der Waals surface area contributed by atoms with Gasteiger partial charge in [-0.15, -0.1) is 0 Å². The Labute approximate surface area is 161 Å². The topological polar surface area (TPSA) is 73.7 Å². The van der Waals surface area contributed by atoms with Crippen LogP contribution < -0.4 is 5.32 Å². The van der Waals surface area contributed by atoms with E-state index in [1.165, 1.54) is 23.3 Å². The van der Waals surface area contributed by atoms with Crippen molar-refractivity contribution in [3.05, 3.63) is 18.0 Å². The molecule has 0 saturated carbocycles. The van der Waals surface area contributed by atoms with Gasteiger partial charge in [0.15, 0.2) is 0 Å². The van der Waals surface area contributed by atoms with Crippen molar-refractivity contribution < 1.29 is 9.59 Å². The molecular weight excluding hydrogens is 344 g/mol. The molecule has 27 heavy (non-hydrogen) atoms. The lowest BCUT2D eigenvalue weighted by Gasteiger charge is -2.42. The van der Waals surface area contributed by atoms with E-state index in [1.54, 1.807) is 0 Å². The van der Waals surface area contributed by atoms with Crippen molar-refractivity contribution in [3.63, 3.8) is 0 Å². The van der Waals surface area contributed by atoms with Crippen LogP contribution in [0.5, 0.6) is 0 Å². The Hall–Kier alpha value is -1.93. The van der Waals surface area contributed by atoms with E-state index in [-0.39, 0.29) is 18.5 Å². The van der Waals surface area contributed by atoms with Crippen molar-refractivity contribution in [1.29, 1.82) is 0 Å². The van der Waals surface area contributed by atoms with Crippen molar-refractivity contribution in [3.8, 4) is 0 Å². The molecule has 0 bridgehead atoms. The first-order valence-electron chi connectivity index (χ1n) is 9.99. The number of hydrogen-bond acceptors (Lipinski definition) is 5. The van der Waals surface area contributed by atoms with Gasteiger partial charge >= 0.3 is 6.03 Å². The van der Waals surface area contributed by atoms with Gasteiger partial charge in [-0.1, -0.05) is 6.92 Å². The van der Waals surface area contributed by atoms with Crippen molar-refractivity contribution in [2.45, 2.75) is 32.2 Å². The first-order chi connectivity index (χ1) is 13.0. The predicted octanol–water partition coefficient (Wildman–Crippen LogP) is 1.07. The number of nitrogens with zero attached hydrogens (tertiary/aromatic N) is 5. The Morgan fingerprint density at radius 3 is 2.81 bits per heavy atom. The van der Waals surface area contributed by atoms with E-state index in [9.17, 15) is 9.59 Å². The standard InChI is InChI=1S/C19H32N6O2/c1-4-24-9-5-7-15(18(24)16-11-21-23(3)14-16)13-22(2)8-6-10-25-17(26)12-20-19(25)27/h11,14-15,18H,4-10,12-13H2,1-3H3,(H,20,27)/t15-,18+/m0/s1. The van der Waals surface area contributed by atoms with Gasteiger partial charge < -0.3 is 10.2 Å². The van der Waals surface area contributed by atoms with E-state index in [4.69, 9.17) is 0 Å².